The van der Waals surface area contributed by atoms with Gasteiger partial charge in [-0.1, -0.05) is 12.1 Å². The number of nitro groups is 1. The molecule has 0 spiro atoms. The Morgan fingerprint density at radius 3 is 2.77 bits per heavy atom. The van der Waals surface area contributed by atoms with Gasteiger partial charge in [0.15, 0.2) is 0 Å². The number of benzene rings is 1. The molecule has 1 fully saturated rings. The molecule has 22 heavy (non-hydrogen) atoms. The van der Waals surface area contributed by atoms with Crippen LogP contribution in [-0.4, -0.2) is 53.0 Å². The number of para-hydroxylation sites is 2. The lowest BCUT2D eigenvalue weighted by molar-refractivity contribution is -0.384. The molecule has 1 unspecified atom stereocenters. The summed E-state index contributed by atoms with van der Waals surface area (Å²) in [5.41, 5.74) is 0.237. The minimum absolute atomic E-state index is 0.0889. The molecule has 1 heterocycles. The Bertz CT molecular complexity index is 604. The maximum Gasteiger partial charge on any atom is 0.326 e. The zero-order chi connectivity index (χ0) is 16.3. The fourth-order valence-corrected chi connectivity index (χ4v) is 2.64. The summed E-state index contributed by atoms with van der Waals surface area (Å²) in [4.78, 5) is 36.7. The Balaban J connectivity index is 2.12. The van der Waals surface area contributed by atoms with Crippen LogP contribution in [0.4, 0.5) is 11.4 Å². The molecule has 0 bridgehead atoms. The summed E-state index contributed by atoms with van der Waals surface area (Å²) in [5.74, 6) is -1.36. The fraction of sp³-hybridized carbons (Fsp3) is 0.429. The number of hydrogen-bond acceptors (Lipinski definition) is 5. The van der Waals surface area contributed by atoms with Gasteiger partial charge in [0, 0.05) is 19.7 Å². The predicted molar refractivity (Wildman–Crippen MR) is 78.7 cm³/mol. The molecule has 0 saturated carbocycles. The standard InChI is InChI=1S/C14H17N3O5/c1-15(10-5-2-3-6-11(10)17(21)22)9-13(18)16-8-4-7-12(16)14(19)20/h2-3,5-6,12H,4,7-9H2,1H3,(H,19,20). The highest BCUT2D eigenvalue weighted by Crippen LogP contribution is 2.27. The van der Waals surface area contributed by atoms with Crippen LogP contribution < -0.4 is 4.90 Å². The maximum absolute atomic E-state index is 12.3. The molecule has 8 heteroatoms. The number of anilines is 1. The highest BCUT2D eigenvalue weighted by Gasteiger charge is 2.34. The van der Waals surface area contributed by atoms with E-state index < -0.39 is 16.9 Å². The summed E-state index contributed by atoms with van der Waals surface area (Å²) in [6.07, 6.45) is 1.09. The van der Waals surface area contributed by atoms with E-state index in [2.05, 4.69) is 0 Å². The van der Waals surface area contributed by atoms with Crippen molar-refractivity contribution in [2.45, 2.75) is 18.9 Å². The van der Waals surface area contributed by atoms with Crippen LogP contribution in [0.3, 0.4) is 0 Å². The number of likely N-dealkylation sites (N-methyl/N-ethyl adjacent to an activating group) is 1. The van der Waals surface area contributed by atoms with E-state index in [1.807, 2.05) is 0 Å². The van der Waals surface area contributed by atoms with Gasteiger partial charge >= 0.3 is 5.97 Å². The average Bonchev–Trinajstić information content (AvgIpc) is 2.96. The van der Waals surface area contributed by atoms with Crippen LogP contribution in [0.5, 0.6) is 0 Å². The van der Waals surface area contributed by atoms with Crippen LogP contribution in [0.25, 0.3) is 0 Å². The van der Waals surface area contributed by atoms with Gasteiger partial charge in [0.05, 0.1) is 11.5 Å². The van der Waals surface area contributed by atoms with E-state index in [0.29, 0.717) is 25.1 Å². The Kier molecular flexibility index (Phi) is 4.59. The Morgan fingerprint density at radius 2 is 2.14 bits per heavy atom. The second-order valence-corrected chi connectivity index (χ2v) is 5.19. The normalized spacial score (nSPS) is 17.3. The fourth-order valence-electron chi connectivity index (χ4n) is 2.64. The first kappa shape index (κ1) is 15.7. The maximum atomic E-state index is 12.3. The smallest absolute Gasteiger partial charge is 0.326 e. The first-order chi connectivity index (χ1) is 10.4. The number of carboxylic acid groups (broad SMARTS) is 1. The quantitative estimate of drug-likeness (QED) is 0.645. The van der Waals surface area contributed by atoms with Crippen molar-refractivity contribution in [3.05, 3.63) is 34.4 Å². The van der Waals surface area contributed by atoms with Crippen LogP contribution in [-0.2, 0) is 9.59 Å². The average molecular weight is 307 g/mol. The topological polar surface area (TPSA) is 104 Å². The Hall–Kier alpha value is -2.64. The summed E-state index contributed by atoms with van der Waals surface area (Å²) in [6, 6.07) is 5.33. The number of nitrogens with zero attached hydrogens (tertiary/aromatic N) is 3. The molecule has 8 nitrogen and oxygen atoms in total. The zero-order valence-electron chi connectivity index (χ0n) is 12.1. The third-order valence-corrected chi connectivity index (χ3v) is 3.72. The van der Waals surface area contributed by atoms with Crippen molar-refractivity contribution >= 4 is 23.3 Å². The van der Waals surface area contributed by atoms with Crippen LogP contribution in [0.15, 0.2) is 24.3 Å². The SMILES string of the molecule is CN(CC(=O)N1CCCC1C(=O)O)c1ccccc1[N+](=O)[O-]. The molecule has 0 aromatic heterocycles. The number of rotatable bonds is 5. The number of nitro benzene ring substituents is 1. The Labute approximate surface area is 127 Å². The van der Waals surface area contributed by atoms with Crippen molar-refractivity contribution in [3.8, 4) is 0 Å². The largest absolute Gasteiger partial charge is 0.480 e. The molecular weight excluding hydrogens is 290 g/mol. The summed E-state index contributed by atoms with van der Waals surface area (Å²) in [5, 5.41) is 20.1. The zero-order valence-corrected chi connectivity index (χ0v) is 12.1. The second kappa shape index (κ2) is 6.42. The number of hydrogen-bond donors (Lipinski definition) is 1. The minimum Gasteiger partial charge on any atom is -0.480 e. The van der Waals surface area contributed by atoms with E-state index in [1.165, 1.54) is 15.9 Å². The number of likely N-dealkylation sites (tertiary alicyclic amines) is 1. The third-order valence-electron chi connectivity index (χ3n) is 3.72. The molecule has 1 atom stereocenters. The molecule has 2 rings (SSSR count). The molecule has 1 aromatic rings. The molecule has 1 aromatic carbocycles. The van der Waals surface area contributed by atoms with E-state index >= 15 is 0 Å². The van der Waals surface area contributed by atoms with Crippen molar-refractivity contribution in [2.24, 2.45) is 0 Å². The highest BCUT2D eigenvalue weighted by atomic mass is 16.6. The van der Waals surface area contributed by atoms with Crippen molar-refractivity contribution < 1.29 is 19.6 Å². The Morgan fingerprint density at radius 1 is 1.45 bits per heavy atom. The summed E-state index contributed by atoms with van der Waals surface area (Å²) in [6.45, 7) is 0.301. The van der Waals surface area contributed by atoms with Gasteiger partial charge in [-0.25, -0.2) is 4.79 Å². The van der Waals surface area contributed by atoms with Gasteiger partial charge in [-0.05, 0) is 18.9 Å². The molecule has 0 aliphatic carbocycles. The van der Waals surface area contributed by atoms with Crippen molar-refractivity contribution in [2.75, 3.05) is 25.0 Å². The van der Waals surface area contributed by atoms with Gasteiger partial charge in [-0.2, -0.15) is 0 Å². The molecule has 1 saturated heterocycles. The first-order valence-electron chi connectivity index (χ1n) is 6.88. The number of aliphatic carboxylic acids is 1. The summed E-state index contributed by atoms with van der Waals surface area (Å²) < 4.78 is 0. The first-order valence-corrected chi connectivity index (χ1v) is 6.88. The van der Waals surface area contributed by atoms with Gasteiger partial charge in [0.2, 0.25) is 5.91 Å². The van der Waals surface area contributed by atoms with Crippen LogP contribution in [0, 0.1) is 10.1 Å². The number of amides is 1. The summed E-state index contributed by atoms with van der Waals surface area (Å²) >= 11 is 0. The number of carbonyl (C=O) groups is 2. The molecular formula is C14H17N3O5. The van der Waals surface area contributed by atoms with Crippen molar-refractivity contribution in [1.29, 1.82) is 0 Å². The lowest BCUT2D eigenvalue weighted by Gasteiger charge is -2.25. The molecule has 0 radical (unpaired) electrons. The number of carbonyl (C=O) groups excluding carboxylic acids is 1. The highest BCUT2D eigenvalue weighted by molar-refractivity contribution is 5.87. The van der Waals surface area contributed by atoms with Crippen LogP contribution >= 0.6 is 0 Å². The molecule has 1 aliphatic rings. The monoisotopic (exact) mass is 307 g/mol. The van der Waals surface area contributed by atoms with E-state index in [4.69, 9.17) is 5.11 Å². The van der Waals surface area contributed by atoms with E-state index in [1.54, 1.807) is 25.2 Å². The lowest BCUT2D eigenvalue weighted by Crippen LogP contribution is -2.45. The lowest BCUT2D eigenvalue weighted by atomic mass is 10.2. The van der Waals surface area contributed by atoms with Crippen molar-refractivity contribution in [1.82, 2.24) is 4.90 Å². The number of carboxylic acids is 1. The molecule has 118 valence electrons. The van der Waals surface area contributed by atoms with Gasteiger partial charge in [-0.3, -0.25) is 14.9 Å². The van der Waals surface area contributed by atoms with Gasteiger partial charge in [-0.15, -0.1) is 0 Å². The minimum atomic E-state index is -1.01. The third kappa shape index (κ3) is 3.16. The van der Waals surface area contributed by atoms with E-state index in [9.17, 15) is 19.7 Å². The van der Waals surface area contributed by atoms with E-state index in [0.717, 1.165) is 0 Å². The van der Waals surface area contributed by atoms with Crippen molar-refractivity contribution in [3.63, 3.8) is 0 Å². The van der Waals surface area contributed by atoms with Gasteiger partial charge < -0.3 is 14.9 Å². The second-order valence-electron chi connectivity index (χ2n) is 5.19. The van der Waals surface area contributed by atoms with Gasteiger partial charge in [0.1, 0.15) is 11.7 Å². The van der Waals surface area contributed by atoms with Crippen LogP contribution in [0.2, 0.25) is 0 Å². The van der Waals surface area contributed by atoms with E-state index in [-0.39, 0.29) is 18.1 Å². The molecule has 1 amide bonds. The predicted octanol–water partition coefficient (Wildman–Crippen LogP) is 1.11. The summed E-state index contributed by atoms with van der Waals surface area (Å²) in [7, 11) is 1.58. The van der Waals surface area contributed by atoms with Gasteiger partial charge in [0.25, 0.3) is 5.69 Å². The molecule has 1 aliphatic heterocycles. The van der Waals surface area contributed by atoms with Crippen LogP contribution in [0.1, 0.15) is 12.8 Å². The molecule has 1 N–H and O–H groups in total.